The van der Waals surface area contributed by atoms with Crippen LogP contribution >= 0.6 is 15.9 Å². The molecule has 0 bridgehead atoms. The number of nitrogens with one attached hydrogen (secondary N) is 2. The second-order valence-corrected chi connectivity index (χ2v) is 8.61. The monoisotopic (exact) mass is 457 g/mol. The lowest BCUT2D eigenvalue weighted by Crippen LogP contribution is -2.45. The molecule has 6 heteroatoms. The Hall–Kier alpha value is -2.18. The van der Waals surface area contributed by atoms with Crippen molar-refractivity contribution in [3.63, 3.8) is 0 Å². The van der Waals surface area contributed by atoms with E-state index < -0.39 is 0 Å². The Morgan fingerprint density at radius 1 is 1.03 bits per heavy atom. The number of anilines is 1. The van der Waals surface area contributed by atoms with Crippen molar-refractivity contribution < 1.29 is 9.59 Å². The number of carbonyl (C=O) groups is 2. The molecule has 2 N–H and O–H groups in total. The molecule has 2 amide bonds. The molecule has 0 saturated carbocycles. The van der Waals surface area contributed by atoms with Crippen LogP contribution in [0.4, 0.5) is 5.69 Å². The number of hydrogen-bond donors (Lipinski definition) is 2. The van der Waals surface area contributed by atoms with Gasteiger partial charge in [0.15, 0.2) is 0 Å². The molecular weight excluding hydrogens is 430 g/mol. The maximum Gasteiger partial charge on any atom is 0.256 e. The van der Waals surface area contributed by atoms with E-state index in [0.29, 0.717) is 27.8 Å². The molecule has 0 radical (unpaired) electrons. The summed E-state index contributed by atoms with van der Waals surface area (Å²) in [6, 6.07) is 14.6. The number of hydrogen-bond acceptors (Lipinski definition) is 3. The van der Waals surface area contributed by atoms with E-state index in [-0.39, 0.29) is 17.9 Å². The largest absolute Gasteiger partial charge is 0.350 e. The topological polar surface area (TPSA) is 61.4 Å². The minimum atomic E-state index is -0.256. The van der Waals surface area contributed by atoms with Crippen molar-refractivity contribution in [2.75, 3.05) is 25.0 Å². The summed E-state index contributed by atoms with van der Waals surface area (Å²) in [6.45, 7) is 7.19. The number of amides is 2. The van der Waals surface area contributed by atoms with E-state index in [9.17, 15) is 9.59 Å². The molecule has 1 unspecified atom stereocenters. The summed E-state index contributed by atoms with van der Waals surface area (Å²) < 4.78 is 0.712. The second-order valence-electron chi connectivity index (χ2n) is 7.76. The zero-order valence-corrected chi connectivity index (χ0v) is 18.5. The molecule has 1 heterocycles. The van der Waals surface area contributed by atoms with Gasteiger partial charge in [0.25, 0.3) is 11.8 Å². The molecule has 1 saturated heterocycles. The van der Waals surface area contributed by atoms with E-state index >= 15 is 0 Å². The Morgan fingerprint density at radius 2 is 1.66 bits per heavy atom. The average Bonchev–Trinajstić information content (AvgIpc) is 2.73. The minimum absolute atomic E-state index is 0.176. The number of halogens is 1. The van der Waals surface area contributed by atoms with Crippen LogP contribution in [0.2, 0.25) is 0 Å². The first-order valence-corrected chi connectivity index (χ1v) is 10.9. The maximum absolute atomic E-state index is 12.8. The number of nitrogens with zero attached hydrogens (tertiary/aromatic N) is 1. The van der Waals surface area contributed by atoms with Crippen LogP contribution in [0, 0.1) is 5.92 Å². The van der Waals surface area contributed by atoms with Crippen molar-refractivity contribution in [2.45, 2.75) is 32.7 Å². The standard InChI is InChI=1S/C23H28BrN3O2/c1-16-11-13-27(14-12-16)17(2)15-25-22(28)19-8-4-6-10-21(19)26-23(29)18-7-3-5-9-20(18)24/h3-10,16-17H,11-15H2,1-2H3,(H,25,28)(H,26,29). The van der Waals surface area contributed by atoms with Gasteiger partial charge in [-0.1, -0.05) is 31.2 Å². The van der Waals surface area contributed by atoms with Gasteiger partial charge in [-0.3, -0.25) is 14.5 Å². The van der Waals surface area contributed by atoms with Crippen LogP contribution < -0.4 is 10.6 Å². The molecule has 154 valence electrons. The predicted octanol–water partition coefficient (Wildman–Crippen LogP) is 4.55. The van der Waals surface area contributed by atoms with Crippen LogP contribution in [0.25, 0.3) is 0 Å². The van der Waals surface area contributed by atoms with Gasteiger partial charge in [-0.25, -0.2) is 0 Å². The van der Waals surface area contributed by atoms with Crippen molar-refractivity contribution in [3.05, 3.63) is 64.1 Å². The fraction of sp³-hybridized carbons (Fsp3) is 0.391. The number of piperidine rings is 1. The van der Waals surface area contributed by atoms with Gasteiger partial charge in [0.05, 0.1) is 16.8 Å². The number of rotatable bonds is 6. The summed E-state index contributed by atoms with van der Waals surface area (Å²) in [5.41, 5.74) is 1.49. The highest BCUT2D eigenvalue weighted by Crippen LogP contribution is 2.21. The van der Waals surface area contributed by atoms with Gasteiger partial charge in [0.2, 0.25) is 0 Å². The van der Waals surface area contributed by atoms with Crippen molar-refractivity contribution in [2.24, 2.45) is 5.92 Å². The van der Waals surface area contributed by atoms with Crippen LogP contribution in [0.5, 0.6) is 0 Å². The molecule has 0 spiro atoms. The predicted molar refractivity (Wildman–Crippen MR) is 120 cm³/mol. The van der Waals surface area contributed by atoms with Crippen molar-refractivity contribution in [1.29, 1.82) is 0 Å². The molecule has 1 atom stereocenters. The summed E-state index contributed by atoms with van der Waals surface area (Å²) in [4.78, 5) is 27.9. The fourth-order valence-corrected chi connectivity index (χ4v) is 4.02. The third kappa shape index (κ3) is 5.67. The zero-order chi connectivity index (χ0) is 20.8. The van der Waals surface area contributed by atoms with Crippen LogP contribution in [-0.4, -0.2) is 42.4 Å². The average molecular weight is 458 g/mol. The Balaban J connectivity index is 1.63. The smallest absolute Gasteiger partial charge is 0.256 e. The lowest BCUT2D eigenvalue weighted by atomic mass is 9.98. The van der Waals surface area contributed by atoms with E-state index in [1.165, 1.54) is 12.8 Å². The zero-order valence-electron chi connectivity index (χ0n) is 17.0. The van der Waals surface area contributed by atoms with Crippen LogP contribution in [0.1, 0.15) is 47.4 Å². The van der Waals surface area contributed by atoms with Crippen molar-refractivity contribution in [1.82, 2.24) is 10.2 Å². The van der Waals surface area contributed by atoms with E-state index in [4.69, 9.17) is 0 Å². The van der Waals surface area contributed by atoms with Gasteiger partial charge in [-0.2, -0.15) is 0 Å². The van der Waals surface area contributed by atoms with Gasteiger partial charge in [-0.15, -0.1) is 0 Å². The number of benzene rings is 2. The molecule has 0 aromatic heterocycles. The first-order valence-electron chi connectivity index (χ1n) is 10.1. The third-order valence-corrected chi connectivity index (χ3v) is 6.23. The lowest BCUT2D eigenvalue weighted by Gasteiger charge is -2.35. The van der Waals surface area contributed by atoms with Crippen LogP contribution in [0.3, 0.4) is 0 Å². The number of likely N-dealkylation sites (tertiary alicyclic amines) is 1. The maximum atomic E-state index is 12.8. The molecule has 0 aliphatic carbocycles. The Bertz CT molecular complexity index is 863. The second kappa shape index (κ2) is 10.0. The van der Waals surface area contributed by atoms with Gasteiger partial charge in [-0.05, 0) is 79.0 Å². The van der Waals surface area contributed by atoms with E-state index in [1.54, 1.807) is 30.3 Å². The van der Waals surface area contributed by atoms with Crippen LogP contribution in [-0.2, 0) is 0 Å². The van der Waals surface area contributed by atoms with E-state index in [1.807, 2.05) is 18.2 Å². The molecule has 2 aromatic rings. The fourth-order valence-electron chi connectivity index (χ4n) is 3.56. The highest BCUT2D eigenvalue weighted by molar-refractivity contribution is 9.10. The summed E-state index contributed by atoms with van der Waals surface area (Å²) in [5.74, 6) is 0.354. The summed E-state index contributed by atoms with van der Waals surface area (Å²) in [6.07, 6.45) is 2.42. The van der Waals surface area contributed by atoms with Crippen LogP contribution in [0.15, 0.2) is 53.0 Å². The summed E-state index contributed by atoms with van der Waals surface area (Å²) in [7, 11) is 0. The number of para-hydroxylation sites is 1. The molecule has 29 heavy (non-hydrogen) atoms. The van der Waals surface area contributed by atoms with Gasteiger partial charge >= 0.3 is 0 Å². The van der Waals surface area contributed by atoms with Crippen molar-refractivity contribution in [3.8, 4) is 0 Å². The molecule has 2 aromatic carbocycles. The Morgan fingerprint density at radius 3 is 2.34 bits per heavy atom. The van der Waals surface area contributed by atoms with Gasteiger partial charge < -0.3 is 10.6 Å². The molecule has 3 rings (SSSR count). The van der Waals surface area contributed by atoms with E-state index in [2.05, 4.69) is 45.3 Å². The molecule has 1 fully saturated rings. The first kappa shape index (κ1) is 21.5. The van der Waals surface area contributed by atoms with E-state index in [0.717, 1.165) is 19.0 Å². The first-order chi connectivity index (χ1) is 14.0. The summed E-state index contributed by atoms with van der Waals surface area (Å²) >= 11 is 3.40. The molecule has 5 nitrogen and oxygen atoms in total. The Kier molecular flexibility index (Phi) is 7.45. The molecular formula is C23H28BrN3O2. The highest BCUT2D eigenvalue weighted by Gasteiger charge is 2.21. The lowest BCUT2D eigenvalue weighted by molar-refractivity contribution is 0.0922. The summed E-state index contributed by atoms with van der Waals surface area (Å²) in [5, 5.41) is 5.90. The minimum Gasteiger partial charge on any atom is -0.350 e. The molecule has 1 aliphatic heterocycles. The third-order valence-electron chi connectivity index (χ3n) is 5.54. The number of carbonyl (C=O) groups excluding carboxylic acids is 2. The van der Waals surface area contributed by atoms with Gasteiger partial charge in [0.1, 0.15) is 0 Å². The Labute approximate surface area is 181 Å². The highest BCUT2D eigenvalue weighted by atomic mass is 79.9. The van der Waals surface area contributed by atoms with Gasteiger partial charge in [0, 0.05) is 17.1 Å². The van der Waals surface area contributed by atoms with Crippen molar-refractivity contribution >= 4 is 33.4 Å². The SMILES string of the molecule is CC1CCN(C(C)CNC(=O)c2ccccc2NC(=O)c2ccccc2Br)CC1. The normalized spacial score (nSPS) is 16.2. The quantitative estimate of drug-likeness (QED) is 0.668. The molecule has 1 aliphatic rings.